The quantitative estimate of drug-likeness (QED) is 0.358. The number of hydrogen-bond acceptors (Lipinski definition) is 10. The van der Waals surface area contributed by atoms with Crippen molar-refractivity contribution in [2.24, 2.45) is 0 Å². The van der Waals surface area contributed by atoms with Crippen LogP contribution in [0.5, 0.6) is 11.8 Å². The van der Waals surface area contributed by atoms with Crippen LogP contribution in [0.25, 0.3) is 0 Å². The van der Waals surface area contributed by atoms with Gasteiger partial charge >= 0.3 is 12.4 Å². The second kappa shape index (κ2) is 15.4. The lowest BCUT2D eigenvalue weighted by atomic mass is 9.62. The van der Waals surface area contributed by atoms with E-state index in [2.05, 4.69) is 25.3 Å². The van der Waals surface area contributed by atoms with Gasteiger partial charge in [0.25, 0.3) is 5.91 Å². The molecule has 1 radical (unpaired) electrons. The second-order valence-corrected chi connectivity index (χ2v) is 11.5. The third-order valence-corrected chi connectivity index (χ3v) is 8.33. The first-order chi connectivity index (χ1) is 21.7. The lowest BCUT2D eigenvalue weighted by Crippen LogP contribution is -2.54. The molecule has 0 unspecified atom stereocenters. The largest absolute Gasteiger partial charge is 0.573 e. The van der Waals surface area contributed by atoms with Crippen molar-refractivity contribution >= 4 is 24.5 Å². The number of likely N-dealkylation sites (tertiary alicyclic amines) is 1. The fourth-order valence-corrected chi connectivity index (χ4v) is 5.98. The zero-order valence-electron chi connectivity index (χ0n) is 25.6. The molecule has 0 saturated carbocycles. The molecule has 1 aromatic heterocycles. The molecule has 4 atom stereocenters. The molecule has 1 amide bonds. The second-order valence-electron chi connectivity index (χ2n) is 11.5. The van der Waals surface area contributed by atoms with Crippen LogP contribution in [0.15, 0.2) is 30.3 Å². The van der Waals surface area contributed by atoms with Crippen molar-refractivity contribution in [3.8, 4) is 11.8 Å². The van der Waals surface area contributed by atoms with Gasteiger partial charge in [-0.15, -0.1) is 13.2 Å². The monoisotopic (exact) mass is 634 g/mol. The average Bonchev–Trinajstić information content (AvgIpc) is 3.04. The molecule has 4 heterocycles. The molecule has 2 N–H and O–H groups in total. The Hall–Kier alpha value is -3.14. The summed E-state index contributed by atoms with van der Waals surface area (Å²) in [6, 6.07) is 7.78. The molecule has 1 aromatic carbocycles. The fraction of sp³-hybridized carbons (Fsp3) is 0.633. The van der Waals surface area contributed by atoms with Crippen LogP contribution in [0.2, 0.25) is 0 Å². The molecule has 3 fully saturated rings. The third-order valence-electron chi connectivity index (χ3n) is 8.33. The van der Waals surface area contributed by atoms with Gasteiger partial charge in [-0.2, -0.15) is 9.97 Å². The number of aromatic nitrogens is 2. The van der Waals surface area contributed by atoms with E-state index in [0.29, 0.717) is 44.7 Å². The Morgan fingerprint density at radius 3 is 2.58 bits per heavy atom. The van der Waals surface area contributed by atoms with Gasteiger partial charge in [0.15, 0.2) is 7.28 Å². The number of carbonyl (C=O) groups is 1. The number of rotatable bonds is 11. The molecular formula is C30H40BF3N5O6. The average molecular weight is 634 g/mol. The Labute approximate surface area is 261 Å². The molecule has 0 bridgehead atoms. The Bertz CT molecular complexity index is 1250. The Morgan fingerprint density at radius 2 is 1.87 bits per heavy atom. The summed E-state index contributed by atoms with van der Waals surface area (Å²) in [6.07, 6.45) is 0.273. The third kappa shape index (κ3) is 9.68. The van der Waals surface area contributed by atoms with Crippen LogP contribution in [-0.2, 0) is 14.2 Å². The summed E-state index contributed by atoms with van der Waals surface area (Å²) in [4.78, 5) is 23.9. The van der Waals surface area contributed by atoms with Gasteiger partial charge in [-0.1, -0.05) is 17.6 Å². The molecule has 11 nitrogen and oxygen atoms in total. The van der Waals surface area contributed by atoms with Gasteiger partial charge in [0, 0.05) is 57.5 Å². The maximum absolute atomic E-state index is 13.4. The van der Waals surface area contributed by atoms with E-state index in [-0.39, 0.29) is 47.6 Å². The molecule has 3 aliphatic rings. The number of benzene rings is 1. The topological polar surface area (TPSA) is 116 Å². The van der Waals surface area contributed by atoms with Crippen LogP contribution in [0.4, 0.5) is 19.0 Å². The van der Waals surface area contributed by atoms with E-state index in [0.717, 1.165) is 44.0 Å². The van der Waals surface area contributed by atoms with Crippen molar-refractivity contribution < 1.29 is 41.7 Å². The summed E-state index contributed by atoms with van der Waals surface area (Å²) in [5, 5.41) is 6.97. The van der Waals surface area contributed by atoms with Gasteiger partial charge in [-0.25, -0.2) is 0 Å². The smallest absolute Gasteiger partial charge is 0.467 e. The minimum Gasteiger partial charge on any atom is -0.467 e. The molecule has 3 saturated heterocycles. The molecule has 5 rings (SSSR count). The SMILES string of the molecule is COc1nc(NC[C@H]2CCC[C@@H]([B]c3ccc(OC(F)(F)F)cc3)O2)cc(C(=O)N2CCC(N[C@H]3CCOC[C@H]3OC)CC2)n1. The lowest BCUT2D eigenvalue weighted by molar-refractivity contribution is -0.274. The number of carbonyl (C=O) groups excluding carboxylic acids is 1. The highest BCUT2D eigenvalue weighted by molar-refractivity contribution is 6.54. The summed E-state index contributed by atoms with van der Waals surface area (Å²) >= 11 is 0. The molecule has 3 aliphatic heterocycles. The summed E-state index contributed by atoms with van der Waals surface area (Å²) in [7, 11) is 5.06. The highest BCUT2D eigenvalue weighted by atomic mass is 19.4. The number of alkyl halides is 3. The first kappa shape index (κ1) is 33.2. The number of nitrogens with zero attached hydrogens (tertiary/aromatic N) is 3. The zero-order valence-corrected chi connectivity index (χ0v) is 25.6. The van der Waals surface area contributed by atoms with Crippen LogP contribution in [-0.4, -0.2) is 112 Å². The van der Waals surface area contributed by atoms with E-state index < -0.39 is 6.36 Å². The number of anilines is 1. The molecule has 15 heteroatoms. The number of nitrogens with one attached hydrogen (secondary N) is 2. The molecule has 45 heavy (non-hydrogen) atoms. The van der Waals surface area contributed by atoms with Gasteiger partial charge in [0.2, 0.25) is 0 Å². The summed E-state index contributed by atoms with van der Waals surface area (Å²) in [6.45, 7) is 2.97. The molecule has 245 valence electrons. The summed E-state index contributed by atoms with van der Waals surface area (Å²) in [5.74, 6) is 0.0206. The predicted molar refractivity (Wildman–Crippen MR) is 160 cm³/mol. The standard InChI is InChI=1S/C30H40BF3N5O6/c1-41-25-18-43-15-12-23(25)36-20-10-13-39(14-11-20)28(40)24-16-27(38-29(37-24)42-2)35-17-22-4-3-5-26(44-22)31-19-6-8-21(9-7-19)45-30(32,33)34/h6-9,16,20,22-23,25-26,36H,3-5,10-15,17-18H2,1-2H3,(H,35,37,38)/t22-,23+,25-,26+/m1/s1. The lowest BCUT2D eigenvalue weighted by Gasteiger charge is -2.38. The molecule has 0 aliphatic carbocycles. The van der Waals surface area contributed by atoms with Gasteiger partial charge in [0.1, 0.15) is 17.3 Å². The Balaban J connectivity index is 1.11. The van der Waals surface area contributed by atoms with Crippen molar-refractivity contribution in [3.05, 3.63) is 36.0 Å². The molecule has 2 aromatic rings. The van der Waals surface area contributed by atoms with Gasteiger partial charge in [0.05, 0.1) is 25.9 Å². The summed E-state index contributed by atoms with van der Waals surface area (Å²) < 4.78 is 63.9. The van der Waals surface area contributed by atoms with E-state index in [9.17, 15) is 18.0 Å². The number of piperidine rings is 1. The first-order valence-corrected chi connectivity index (χ1v) is 15.4. The van der Waals surface area contributed by atoms with E-state index in [1.165, 1.54) is 19.2 Å². The minimum atomic E-state index is -4.73. The fourth-order valence-electron chi connectivity index (χ4n) is 5.98. The van der Waals surface area contributed by atoms with Crippen LogP contribution in [0.3, 0.4) is 0 Å². The number of methoxy groups -OCH3 is 2. The van der Waals surface area contributed by atoms with Crippen LogP contribution in [0.1, 0.15) is 49.0 Å². The minimum absolute atomic E-state index is 0.0309. The normalized spacial score (nSPS) is 24.6. The highest BCUT2D eigenvalue weighted by Crippen LogP contribution is 2.24. The van der Waals surface area contributed by atoms with Crippen molar-refractivity contribution in [2.75, 3.05) is 52.4 Å². The number of halogens is 3. The van der Waals surface area contributed by atoms with Crippen LogP contribution in [0, 0.1) is 0 Å². The van der Waals surface area contributed by atoms with E-state index in [4.69, 9.17) is 18.9 Å². The van der Waals surface area contributed by atoms with Gasteiger partial charge < -0.3 is 39.2 Å². The molecular weight excluding hydrogens is 594 g/mol. The van der Waals surface area contributed by atoms with Crippen molar-refractivity contribution in [1.29, 1.82) is 0 Å². The number of ether oxygens (including phenoxy) is 5. The molecule has 0 spiro atoms. The highest BCUT2D eigenvalue weighted by Gasteiger charge is 2.32. The van der Waals surface area contributed by atoms with E-state index in [1.54, 1.807) is 25.3 Å². The van der Waals surface area contributed by atoms with Crippen LogP contribution >= 0.6 is 0 Å². The van der Waals surface area contributed by atoms with E-state index in [1.807, 2.05) is 12.2 Å². The maximum Gasteiger partial charge on any atom is 0.573 e. The predicted octanol–water partition coefficient (Wildman–Crippen LogP) is 2.72. The Kier molecular flexibility index (Phi) is 11.4. The van der Waals surface area contributed by atoms with Gasteiger partial charge in [-0.3, -0.25) is 4.79 Å². The maximum atomic E-state index is 13.4. The van der Waals surface area contributed by atoms with Crippen molar-refractivity contribution in [3.63, 3.8) is 0 Å². The Morgan fingerprint density at radius 1 is 1.09 bits per heavy atom. The number of amides is 1. The first-order valence-electron chi connectivity index (χ1n) is 15.4. The van der Waals surface area contributed by atoms with E-state index >= 15 is 0 Å². The van der Waals surface area contributed by atoms with Crippen molar-refractivity contribution in [1.82, 2.24) is 20.2 Å². The van der Waals surface area contributed by atoms with Crippen LogP contribution < -0.4 is 25.6 Å². The van der Waals surface area contributed by atoms with Gasteiger partial charge in [-0.05, 0) is 50.7 Å². The van der Waals surface area contributed by atoms with Crippen molar-refractivity contribution in [2.45, 2.75) is 75.2 Å². The zero-order chi connectivity index (χ0) is 31.8. The summed E-state index contributed by atoms with van der Waals surface area (Å²) in [5.41, 5.74) is 1.00. The number of hydrogen-bond donors (Lipinski definition) is 2.